The molecule has 1 aliphatic rings. The molecule has 4 heteroatoms. The molecule has 1 fully saturated rings. The minimum absolute atomic E-state index is 0.00821. The first kappa shape index (κ1) is 12.9. The predicted molar refractivity (Wildman–Crippen MR) is 68.4 cm³/mol. The predicted octanol–water partition coefficient (Wildman–Crippen LogP) is 1.63. The molecule has 0 spiro atoms. The lowest BCUT2D eigenvalue weighted by Gasteiger charge is -2.39. The van der Waals surface area contributed by atoms with Crippen molar-refractivity contribution in [1.82, 2.24) is 4.90 Å². The van der Waals surface area contributed by atoms with Gasteiger partial charge in [-0.25, -0.2) is 0 Å². The van der Waals surface area contributed by atoms with Crippen LogP contribution in [0.1, 0.15) is 30.1 Å². The van der Waals surface area contributed by atoms with Crippen molar-refractivity contribution in [2.75, 3.05) is 13.2 Å². The Morgan fingerprint density at radius 2 is 2.28 bits per heavy atom. The van der Waals surface area contributed by atoms with Crippen LogP contribution in [0, 0.1) is 5.92 Å². The molecule has 1 amide bonds. The molecule has 0 bridgehead atoms. The number of phenolic OH excluding ortho intramolecular Hbond substituents is 1. The van der Waals surface area contributed by atoms with E-state index in [0.717, 1.165) is 12.8 Å². The average Bonchev–Trinajstić information content (AvgIpc) is 2.37. The maximum absolute atomic E-state index is 12.4. The first-order valence-electron chi connectivity index (χ1n) is 6.34. The van der Waals surface area contributed by atoms with Crippen LogP contribution < -0.4 is 0 Å². The molecule has 0 aromatic heterocycles. The largest absolute Gasteiger partial charge is 0.508 e. The fourth-order valence-corrected chi connectivity index (χ4v) is 2.58. The van der Waals surface area contributed by atoms with Gasteiger partial charge in [0.25, 0.3) is 5.91 Å². The summed E-state index contributed by atoms with van der Waals surface area (Å²) in [6, 6.07) is 6.24. The summed E-state index contributed by atoms with van der Waals surface area (Å²) in [5.41, 5.74) is 0.475. The molecular weight excluding hydrogens is 230 g/mol. The lowest BCUT2D eigenvalue weighted by atomic mass is 9.90. The van der Waals surface area contributed by atoms with Gasteiger partial charge in [0.15, 0.2) is 0 Å². The van der Waals surface area contributed by atoms with Crippen LogP contribution in [0.4, 0.5) is 0 Å². The Kier molecular flexibility index (Phi) is 3.87. The SMILES string of the molecule is C[C@H]1CCCN(C(=O)c2cccc(O)c2)[C@@H]1CO. The van der Waals surface area contributed by atoms with Crippen LogP contribution >= 0.6 is 0 Å². The number of hydrogen-bond acceptors (Lipinski definition) is 3. The van der Waals surface area contributed by atoms with Crippen molar-refractivity contribution in [3.05, 3.63) is 29.8 Å². The van der Waals surface area contributed by atoms with E-state index >= 15 is 0 Å². The fourth-order valence-electron chi connectivity index (χ4n) is 2.58. The van der Waals surface area contributed by atoms with Crippen LogP contribution in [0.25, 0.3) is 0 Å². The highest BCUT2D eigenvalue weighted by Gasteiger charge is 2.31. The Morgan fingerprint density at radius 1 is 1.50 bits per heavy atom. The molecule has 1 aliphatic heterocycles. The van der Waals surface area contributed by atoms with Crippen LogP contribution in [-0.4, -0.2) is 40.2 Å². The van der Waals surface area contributed by atoms with Gasteiger partial charge in [-0.3, -0.25) is 4.79 Å². The van der Waals surface area contributed by atoms with E-state index in [2.05, 4.69) is 6.92 Å². The van der Waals surface area contributed by atoms with Crippen LogP contribution in [0.5, 0.6) is 5.75 Å². The van der Waals surface area contributed by atoms with Gasteiger partial charge in [0.1, 0.15) is 5.75 Å². The summed E-state index contributed by atoms with van der Waals surface area (Å²) in [4.78, 5) is 14.1. The highest BCUT2D eigenvalue weighted by atomic mass is 16.3. The summed E-state index contributed by atoms with van der Waals surface area (Å²) >= 11 is 0. The zero-order chi connectivity index (χ0) is 13.1. The summed E-state index contributed by atoms with van der Waals surface area (Å²) in [5, 5.41) is 18.9. The number of benzene rings is 1. The molecule has 0 saturated carbocycles. The van der Waals surface area contributed by atoms with Gasteiger partial charge in [0.05, 0.1) is 12.6 Å². The van der Waals surface area contributed by atoms with Crippen molar-refractivity contribution < 1.29 is 15.0 Å². The molecule has 2 rings (SSSR count). The summed E-state index contributed by atoms with van der Waals surface area (Å²) in [6.45, 7) is 2.72. The summed E-state index contributed by atoms with van der Waals surface area (Å²) in [6.07, 6.45) is 2.00. The fraction of sp³-hybridized carbons (Fsp3) is 0.500. The van der Waals surface area contributed by atoms with Gasteiger partial charge < -0.3 is 15.1 Å². The topological polar surface area (TPSA) is 60.8 Å². The molecular formula is C14H19NO3. The number of nitrogens with zero attached hydrogens (tertiary/aromatic N) is 1. The molecule has 1 aromatic rings. The number of phenols is 1. The number of hydrogen-bond donors (Lipinski definition) is 2. The molecule has 4 nitrogen and oxygen atoms in total. The maximum Gasteiger partial charge on any atom is 0.254 e. The van der Waals surface area contributed by atoms with E-state index in [0.29, 0.717) is 18.0 Å². The lowest BCUT2D eigenvalue weighted by Crippen LogP contribution is -2.49. The number of amides is 1. The number of carbonyl (C=O) groups is 1. The molecule has 1 saturated heterocycles. The maximum atomic E-state index is 12.4. The number of aliphatic hydroxyl groups is 1. The van der Waals surface area contributed by atoms with Gasteiger partial charge in [-0.05, 0) is 37.0 Å². The number of aromatic hydroxyl groups is 1. The second-order valence-corrected chi connectivity index (χ2v) is 4.92. The van der Waals surface area contributed by atoms with E-state index < -0.39 is 0 Å². The van der Waals surface area contributed by atoms with Crippen molar-refractivity contribution in [2.24, 2.45) is 5.92 Å². The molecule has 2 atom stereocenters. The molecule has 18 heavy (non-hydrogen) atoms. The van der Waals surface area contributed by atoms with Crippen molar-refractivity contribution in [3.63, 3.8) is 0 Å². The zero-order valence-electron chi connectivity index (χ0n) is 10.5. The van der Waals surface area contributed by atoms with Crippen molar-refractivity contribution in [2.45, 2.75) is 25.8 Å². The van der Waals surface area contributed by atoms with Gasteiger partial charge in [-0.2, -0.15) is 0 Å². The number of rotatable bonds is 2. The van der Waals surface area contributed by atoms with Crippen LogP contribution in [-0.2, 0) is 0 Å². The molecule has 1 heterocycles. The minimum atomic E-state index is -0.117. The Bertz CT molecular complexity index is 433. The van der Waals surface area contributed by atoms with Gasteiger partial charge in [0.2, 0.25) is 0 Å². The van der Waals surface area contributed by atoms with E-state index in [4.69, 9.17) is 0 Å². The third-order valence-electron chi connectivity index (χ3n) is 3.66. The molecule has 0 radical (unpaired) electrons. The second-order valence-electron chi connectivity index (χ2n) is 4.92. The molecule has 98 valence electrons. The van der Waals surface area contributed by atoms with Crippen molar-refractivity contribution in [1.29, 1.82) is 0 Å². The monoisotopic (exact) mass is 249 g/mol. The highest BCUT2D eigenvalue weighted by Crippen LogP contribution is 2.25. The van der Waals surface area contributed by atoms with E-state index in [1.807, 2.05) is 0 Å². The smallest absolute Gasteiger partial charge is 0.254 e. The Hall–Kier alpha value is -1.55. The Balaban J connectivity index is 2.21. The number of piperidine rings is 1. The standard InChI is InChI=1S/C14H19NO3/c1-10-4-3-7-15(13(10)9-16)14(18)11-5-2-6-12(17)8-11/h2,5-6,8,10,13,16-17H,3-4,7,9H2,1H3/t10-,13+/m0/s1. The van der Waals surface area contributed by atoms with Gasteiger partial charge >= 0.3 is 0 Å². The first-order valence-corrected chi connectivity index (χ1v) is 6.34. The minimum Gasteiger partial charge on any atom is -0.508 e. The number of aliphatic hydroxyl groups excluding tert-OH is 1. The van der Waals surface area contributed by atoms with Crippen molar-refractivity contribution in [3.8, 4) is 5.75 Å². The average molecular weight is 249 g/mol. The van der Waals surface area contributed by atoms with E-state index in [1.54, 1.807) is 23.1 Å². The second kappa shape index (κ2) is 5.40. The van der Waals surface area contributed by atoms with Crippen LogP contribution in [0.15, 0.2) is 24.3 Å². The molecule has 0 aliphatic carbocycles. The van der Waals surface area contributed by atoms with Crippen LogP contribution in [0.2, 0.25) is 0 Å². The van der Waals surface area contributed by atoms with Gasteiger partial charge in [-0.15, -0.1) is 0 Å². The number of carbonyl (C=O) groups excluding carboxylic acids is 1. The lowest BCUT2D eigenvalue weighted by molar-refractivity contribution is 0.0358. The third kappa shape index (κ3) is 2.48. The molecule has 0 unspecified atom stereocenters. The molecule has 2 N–H and O–H groups in total. The highest BCUT2D eigenvalue weighted by molar-refractivity contribution is 5.94. The Labute approximate surface area is 107 Å². The summed E-state index contributed by atoms with van der Waals surface area (Å²) in [5.74, 6) is 0.285. The summed E-state index contributed by atoms with van der Waals surface area (Å²) in [7, 11) is 0. The van der Waals surface area contributed by atoms with Crippen molar-refractivity contribution >= 4 is 5.91 Å². The van der Waals surface area contributed by atoms with Crippen LogP contribution in [0.3, 0.4) is 0 Å². The van der Waals surface area contributed by atoms with Gasteiger partial charge in [0, 0.05) is 12.1 Å². The van der Waals surface area contributed by atoms with E-state index in [9.17, 15) is 15.0 Å². The zero-order valence-corrected chi connectivity index (χ0v) is 10.5. The first-order chi connectivity index (χ1) is 8.63. The Morgan fingerprint density at radius 3 is 2.94 bits per heavy atom. The van der Waals surface area contributed by atoms with E-state index in [1.165, 1.54) is 6.07 Å². The molecule has 1 aromatic carbocycles. The normalized spacial score (nSPS) is 24.0. The summed E-state index contributed by atoms with van der Waals surface area (Å²) < 4.78 is 0. The quantitative estimate of drug-likeness (QED) is 0.837. The van der Waals surface area contributed by atoms with E-state index in [-0.39, 0.29) is 24.3 Å². The number of likely N-dealkylation sites (tertiary alicyclic amines) is 1. The third-order valence-corrected chi connectivity index (χ3v) is 3.66. The van der Waals surface area contributed by atoms with Gasteiger partial charge in [-0.1, -0.05) is 13.0 Å².